The van der Waals surface area contributed by atoms with E-state index >= 15 is 0 Å². The molecule has 0 aliphatic heterocycles. The summed E-state index contributed by atoms with van der Waals surface area (Å²) in [4.78, 5) is 0. The molecule has 2 fully saturated rings. The summed E-state index contributed by atoms with van der Waals surface area (Å²) in [5, 5.41) is 3.55. The van der Waals surface area contributed by atoms with Gasteiger partial charge in [-0.3, -0.25) is 0 Å². The molecule has 0 aromatic heterocycles. The third-order valence-corrected chi connectivity index (χ3v) is 3.60. The number of hydrogen-bond donors (Lipinski definition) is 1. The van der Waals surface area contributed by atoms with Crippen LogP contribution in [0.25, 0.3) is 0 Å². The summed E-state index contributed by atoms with van der Waals surface area (Å²) in [5.74, 6) is 1.88. The summed E-state index contributed by atoms with van der Waals surface area (Å²) in [6.07, 6.45) is 9.79. The molecule has 1 N–H and O–H groups in total. The first-order valence-electron chi connectivity index (χ1n) is 6.73. The molecule has 0 bridgehead atoms. The average molecular weight is 211 g/mol. The van der Waals surface area contributed by atoms with Crippen molar-refractivity contribution in [2.45, 2.75) is 44.9 Å². The molecule has 0 heterocycles. The minimum Gasteiger partial charge on any atom is -0.381 e. The standard InChI is InChI=1S/C13H25NO/c1-2-5-12(4-1)10-14-8-3-9-15-11-13-6-7-13/h12-14H,1-11H2. The van der Waals surface area contributed by atoms with Crippen molar-refractivity contribution in [2.24, 2.45) is 11.8 Å². The largest absolute Gasteiger partial charge is 0.381 e. The van der Waals surface area contributed by atoms with E-state index in [-0.39, 0.29) is 0 Å². The van der Waals surface area contributed by atoms with Crippen molar-refractivity contribution in [2.75, 3.05) is 26.3 Å². The minimum atomic E-state index is 0.913. The van der Waals surface area contributed by atoms with E-state index in [1.807, 2.05) is 0 Å². The quantitative estimate of drug-likeness (QED) is 0.623. The van der Waals surface area contributed by atoms with Crippen molar-refractivity contribution >= 4 is 0 Å². The van der Waals surface area contributed by atoms with E-state index in [2.05, 4.69) is 5.32 Å². The monoisotopic (exact) mass is 211 g/mol. The van der Waals surface area contributed by atoms with Crippen LogP contribution in [0.1, 0.15) is 44.9 Å². The molecule has 0 unspecified atom stereocenters. The molecule has 2 aliphatic rings. The Labute approximate surface area is 93.8 Å². The summed E-state index contributed by atoms with van der Waals surface area (Å²) in [5.41, 5.74) is 0. The van der Waals surface area contributed by atoms with Crippen LogP contribution in [0.15, 0.2) is 0 Å². The second kappa shape index (κ2) is 6.49. The predicted molar refractivity (Wildman–Crippen MR) is 63.0 cm³/mol. The zero-order valence-electron chi connectivity index (χ0n) is 9.84. The molecule has 15 heavy (non-hydrogen) atoms. The van der Waals surface area contributed by atoms with Gasteiger partial charge < -0.3 is 10.1 Å². The Morgan fingerprint density at radius 2 is 1.80 bits per heavy atom. The molecule has 2 aliphatic carbocycles. The van der Waals surface area contributed by atoms with E-state index in [0.29, 0.717) is 0 Å². The smallest absolute Gasteiger partial charge is 0.0494 e. The van der Waals surface area contributed by atoms with Gasteiger partial charge in [0.05, 0.1) is 0 Å². The molecule has 0 saturated heterocycles. The Hall–Kier alpha value is -0.0800. The van der Waals surface area contributed by atoms with Crippen LogP contribution in [0.3, 0.4) is 0 Å². The lowest BCUT2D eigenvalue weighted by Crippen LogP contribution is -2.23. The average Bonchev–Trinajstić information content (AvgIpc) is 2.92. The molecule has 2 heteroatoms. The van der Waals surface area contributed by atoms with Crippen molar-refractivity contribution in [3.63, 3.8) is 0 Å². The van der Waals surface area contributed by atoms with Crippen molar-refractivity contribution in [3.05, 3.63) is 0 Å². The molecule has 88 valence electrons. The molecule has 2 rings (SSSR count). The normalized spacial score (nSPS) is 22.4. The molecule has 2 saturated carbocycles. The van der Waals surface area contributed by atoms with Gasteiger partial charge in [0, 0.05) is 13.2 Å². The fourth-order valence-corrected chi connectivity index (χ4v) is 2.35. The van der Waals surface area contributed by atoms with Crippen molar-refractivity contribution < 1.29 is 4.74 Å². The van der Waals surface area contributed by atoms with E-state index in [1.54, 1.807) is 0 Å². The molecule has 0 atom stereocenters. The number of hydrogen-bond acceptors (Lipinski definition) is 2. The highest BCUT2D eigenvalue weighted by atomic mass is 16.5. The van der Waals surface area contributed by atoms with Gasteiger partial charge in [0.2, 0.25) is 0 Å². The summed E-state index contributed by atoms with van der Waals surface area (Å²) in [7, 11) is 0. The van der Waals surface area contributed by atoms with Gasteiger partial charge in [-0.15, -0.1) is 0 Å². The number of rotatable bonds is 8. The fourth-order valence-electron chi connectivity index (χ4n) is 2.35. The van der Waals surface area contributed by atoms with Crippen LogP contribution in [-0.4, -0.2) is 26.3 Å². The first kappa shape index (κ1) is 11.4. The molecule has 0 spiro atoms. The van der Waals surface area contributed by atoms with Crippen LogP contribution in [0.2, 0.25) is 0 Å². The van der Waals surface area contributed by atoms with Gasteiger partial charge in [0.1, 0.15) is 0 Å². The third kappa shape index (κ3) is 4.98. The second-order valence-electron chi connectivity index (χ2n) is 5.23. The van der Waals surface area contributed by atoms with Gasteiger partial charge in [-0.25, -0.2) is 0 Å². The second-order valence-corrected chi connectivity index (χ2v) is 5.23. The van der Waals surface area contributed by atoms with Gasteiger partial charge in [0.25, 0.3) is 0 Å². The van der Waals surface area contributed by atoms with Crippen LogP contribution in [0, 0.1) is 11.8 Å². The van der Waals surface area contributed by atoms with Gasteiger partial charge in [-0.05, 0) is 57.0 Å². The van der Waals surface area contributed by atoms with Crippen LogP contribution in [0.5, 0.6) is 0 Å². The van der Waals surface area contributed by atoms with E-state index in [9.17, 15) is 0 Å². The molecule has 0 aromatic carbocycles. The highest BCUT2D eigenvalue weighted by Gasteiger charge is 2.20. The topological polar surface area (TPSA) is 21.3 Å². The summed E-state index contributed by atoms with van der Waals surface area (Å²) in [6, 6.07) is 0. The highest BCUT2D eigenvalue weighted by molar-refractivity contribution is 4.72. The third-order valence-electron chi connectivity index (χ3n) is 3.60. The first-order chi connectivity index (χ1) is 7.45. The van der Waals surface area contributed by atoms with Gasteiger partial charge >= 0.3 is 0 Å². The summed E-state index contributed by atoms with van der Waals surface area (Å²) < 4.78 is 5.59. The Bertz CT molecular complexity index is 162. The van der Waals surface area contributed by atoms with Crippen molar-refractivity contribution in [1.82, 2.24) is 5.32 Å². The van der Waals surface area contributed by atoms with Gasteiger partial charge in [0.15, 0.2) is 0 Å². The van der Waals surface area contributed by atoms with E-state index in [0.717, 1.165) is 31.6 Å². The maximum Gasteiger partial charge on any atom is 0.0494 e. The van der Waals surface area contributed by atoms with Crippen LogP contribution in [0.4, 0.5) is 0 Å². The van der Waals surface area contributed by atoms with Crippen molar-refractivity contribution in [3.8, 4) is 0 Å². The lowest BCUT2D eigenvalue weighted by Gasteiger charge is -2.10. The lowest BCUT2D eigenvalue weighted by molar-refractivity contribution is 0.122. The maximum atomic E-state index is 5.59. The van der Waals surface area contributed by atoms with Crippen LogP contribution in [-0.2, 0) is 4.74 Å². The predicted octanol–water partition coefficient (Wildman–Crippen LogP) is 2.58. The highest BCUT2D eigenvalue weighted by Crippen LogP contribution is 2.28. The van der Waals surface area contributed by atoms with Gasteiger partial charge in [-0.2, -0.15) is 0 Å². The first-order valence-corrected chi connectivity index (χ1v) is 6.73. The minimum absolute atomic E-state index is 0.913. The summed E-state index contributed by atoms with van der Waals surface area (Å²) in [6.45, 7) is 4.35. The van der Waals surface area contributed by atoms with Gasteiger partial charge in [-0.1, -0.05) is 12.8 Å². The number of ether oxygens (including phenoxy) is 1. The molecular formula is C13H25NO. The SMILES string of the molecule is C(CNCC1CCCC1)COCC1CC1. The Balaban J connectivity index is 1.32. The zero-order chi connectivity index (χ0) is 10.3. The molecule has 2 nitrogen and oxygen atoms in total. The Morgan fingerprint density at radius 1 is 1.00 bits per heavy atom. The van der Waals surface area contributed by atoms with E-state index in [4.69, 9.17) is 4.74 Å². The zero-order valence-corrected chi connectivity index (χ0v) is 9.84. The Morgan fingerprint density at radius 3 is 2.53 bits per heavy atom. The Kier molecular flexibility index (Phi) is 4.94. The van der Waals surface area contributed by atoms with Crippen LogP contribution < -0.4 is 5.32 Å². The fraction of sp³-hybridized carbons (Fsp3) is 1.00. The maximum absolute atomic E-state index is 5.59. The van der Waals surface area contributed by atoms with E-state index < -0.39 is 0 Å². The molecule has 0 aromatic rings. The molecule has 0 amide bonds. The van der Waals surface area contributed by atoms with Crippen LogP contribution >= 0.6 is 0 Å². The summed E-state index contributed by atoms with van der Waals surface area (Å²) >= 11 is 0. The van der Waals surface area contributed by atoms with E-state index in [1.165, 1.54) is 51.5 Å². The molecular weight excluding hydrogens is 186 g/mol. The molecule has 0 radical (unpaired) electrons. The number of nitrogens with one attached hydrogen (secondary N) is 1. The van der Waals surface area contributed by atoms with Crippen molar-refractivity contribution in [1.29, 1.82) is 0 Å². The lowest BCUT2D eigenvalue weighted by atomic mass is 10.1.